The largest absolute Gasteiger partial charge is 0.450 e. The number of hydrogen-bond acceptors (Lipinski definition) is 7. The summed E-state index contributed by atoms with van der Waals surface area (Å²) >= 11 is 0. The maximum atomic E-state index is 13.6. The highest BCUT2D eigenvalue weighted by Crippen LogP contribution is 2.39. The number of carbonyl (C=O) groups excluding carboxylic acids is 1. The SMILES string of the molecule is Cc1ccc2oc3c(c(=O)c2c1)[C@@H](c1cccc([N+](=O)[O-])c1)N(CCN1CCOCC1)C3=O. The first-order valence-corrected chi connectivity index (χ1v) is 10.9. The molecule has 1 amide bonds. The molecule has 0 radical (unpaired) electrons. The molecule has 170 valence electrons. The Kier molecular flexibility index (Phi) is 5.43. The molecule has 33 heavy (non-hydrogen) atoms. The van der Waals surface area contributed by atoms with Crippen LogP contribution in [0.3, 0.4) is 0 Å². The van der Waals surface area contributed by atoms with Gasteiger partial charge in [0, 0.05) is 38.3 Å². The maximum absolute atomic E-state index is 13.6. The van der Waals surface area contributed by atoms with E-state index in [4.69, 9.17) is 9.15 Å². The van der Waals surface area contributed by atoms with Crippen molar-refractivity contribution in [1.82, 2.24) is 9.80 Å². The number of fused-ring (bicyclic) bond motifs is 2. The van der Waals surface area contributed by atoms with Gasteiger partial charge in [0.25, 0.3) is 11.6 Å². The zero-order valence-corrected chi connectivity index (χ0v) is 18.2. The van der Waals surface area contributed by atoms with E-state index in [-0.39, 0.29) is 28.3 Å². The second-order valence-corrected chi connectivity index (χ2v) is 8.38. The Morgan fingerprint density at radius 2 is 1.88 bits per heavy atom. The highest BCUT2D eigenvalue weighted by atomic mass is 16.6. The highest BCUT2D eigenvalue weighted by Gasteiger charge is 2.43. The first-order chi connectivity index (χ1) is 15.9. The van der Waals surface area contributed by atoms with Crippen molar-refractivity contribution in [3.63, 3.8) is 0 Å². The lowest BCUT2D eigenvalue weighted by Crippen LogP contribution is -2.42. The summed E-state index contributed by atoms with van der Waals surface area (Å²) in [6.07, 6.45) is 0. The molecule has 0 spiro atoms. The Balaban J connectivity index is 1.63. The fourth-order valence-corrected chi connectivity index (χ4v) is 4.59. The topological polar surface area (TPSA) is 106 Å². The molecule has 5 rings (SSSR count). The van der Waals surface area contributed by atoms with Crippen LogP contribution >= 0.6 is 0 Å². The molecule has 1 aromatic heterocycles. The molecule has 0 aliphatic carbocycles. The van der Waals surface area contributed by atoms with Crippen LogP contribution in [-0.2, 0) is 4.74 Å². The molecule has 2 aromatic carbocycles. The number of rotatable bonds is 5. The van der Waals surface area contributed by atoms with Crippen LogP contribution in [0.1, 0.15) is 33.3 Å². The molecule has 1 saturated heterocycles. The number of hydrogen-bond donors (Lipinski definition) is 0. The van der Waals surface area contributed by atoms with Crippen LogP contribution < -0.4 is 5.43 Å². The van der Waals surface area contributed by atoms with E-state index in [1.807, 2.05) is 13.0 Å². The Labute approximate surface area is 189 Å². The van der Waals surface area contributed by atoms with Crippen LogP contribution in [0.15, 0.2) is 51.7 Å². The molecule has 1 fully saturated rings. The van der Waals surface area contributed by atoms with E-state index < -0.39 is 11.0 Å². The third kappa shape index (κ3) is 3.79. The smallest absolute Gasteiger partial charge is 0.290 e. The average Bonchev–Trinajstić information content (AvgIpc) is 3.11. The van der Waals surface area contributed by atoms with Gasteiger partial charge < -0.3 is 14.1 Å². The van der Waals surface area contributed by atoms with E-state index in [2.05, 4.69) is 4.90 Å². The minimum absolute atomic E-state index is 0.00911. The van der Waals surface area contributed by atoms with Gasteiger partial charge in [0.2, 0.25) is 5.76 Å². The zero-order chi connectivity index (χ0) is 23.1. The van der Waals surface area contributed by atoms with Crippen LogP contribution in [-0.4, -0.2) is 60.0 Å². The lowest BCUT2D eigenvalue weighted by molar-refractivity contribution is -0.384. The predicted molar refractivity (Wildman–Crippen MR) is 120 cm³/mol. The predicted octanol–water partition coefficient (Wildman–Crippen LogP) is 2.89. The fourth-order valence-electron chi connectivity index (χ4n) is 4.59. The van der Waals surface area contributed by atoms with Crippen molar-refractivity contribution in [1.29, 1.82) is 0 Å². The molecule has 3 heterocycles. The quantitative estimate of drug-likeness (QED) is 0.435. The van der Waals surface area contributed by atoms with Gasteiger partial charge in [-0.05, 0) is 24.6 Å². The number of nitro benzene ring substituents is 1. The van der Waals surface area contributed by atoms with E-state index in [1.165, 1.54) is 12.1 Å². The normalized spacial score (nSPS) is 18.6. The third-order valence-electron chi connectivity index (χ3n) is 6.28. The number of amides is 1. The maximum Gasteiger partial charge on any atom is 0.290 e. The second-order valence-electron chi connectivity index (χ2n) is 8.38. The lowest BCUT2D eigenvalue weighted by Gasteiger charge is -2.31. The van der Waals surface area contributed by atoms with Crippen LogP contribution in [0, 0.1) is 17.0 Å². The van der Waals surface area contributed by atoms with Crippen LogP contribution in [0.5, 0.6) is 0 Å². The summed E-state index contributed by atoms with van der Waals surface area (Å²) in [7, 11) is 0. The van der Waals surface area contributed by atoms with Gasteiger partial charge in [-0.2, -0.15) is 0 Å². The number of nitrogens with zero attached hydrogens (tertiary/aromatic N) is 3. The van der Waals surface area contributed by atoms with Gasteiger partial charge in [0.15, 0.2) is 5.43 Å². The molecule has 0 saturated carbocycles. The number of morpholine rings is 1. The Morgan fingerprint density at radius 3 is 2.64 bits per heavy atom. The van der Waals surface area contributed by atoms with Crippen molar-refractivity contribution < 1.29 is 18.9 Å². The van der Waals surface area contributed by atoms with Crippen molar-refractivity contribution in [2.45, 2.75) is 13.0 Å². The third-order valence-corrected chi connectivity index (χ3v) is 6.28. The second kappa shape index (κ2) is 8.42. The van der Waals surface area contributed by atoms with Gasteiger partial charge >= 0.3 is 0 Å². The summed E-state index contributed by atoms with van der Waals surface area (Å²) in [5.41, 5.74) is 1.62. The van der Waals surface area contributed by atoms with Gasteiger partial charge in [-0.3, -0.25) is 24.6 Å². The van der Waals surface area contributed by atoms with E-state index in [0.29, 0.717) is 42.8 Å². The molecule has 2 aliphatic rings. The van der Waals surface area contributed by atoms with Crippen molar-refractivity contribution in [3.8, 4) is 0 Å². The number of ether oxygens (including phenoxy) is 1. The van der Waals surface area contributed by atoms with Crippen LogP contribution in [0.4, 0.5) is 5.69 Å². The fraction of sp³-hybridized carbons (Fsp3) is 0.333. The van der Waals surface area contributed by atoms with E-state index in [9.17, 15) is 19.7 Å². The lowest BCUT2D eigenvalue weighted by atomic mass is 9.97. The first kappa shape index (κ1) is 21.3. The highest BCUT2D eigenvalue weighted by molar-refractivity contribution is 5.99. The van der Waals surface area contributed by atoms with Crippen LogP contribution in [0.2, 0.25) is 0 Å². The minimum atomic E-state index is -0.755. The number of non-ortho nitro benzene ring substituents is 1. The Hall–Kier alpha value is -3.56. The number of nitro groups is 1. The van der Waals surface area contributed by atoms with Gasteiger partial charge in [0.1, 0.15) is 5.58 Å². The minimum Gasteiger partial charge on any atom is -0.450 e. The number of carbonyl (C=O) groups is 1. The van der Waals surface area contributed by atoms with Crippen molar-refractivity contribution >= 4 is 22.6 Å². The number of aryl methyl sites for hydroxylation is 1. The summed E-state index contributed by atoms with van der Waals surface area (Å²) in [5.74, 6) is -0.371. The summed E-state index contributed by atoms with van der Waals surface area (Å²) in [6.45, 7) is 5.62. The van der Waals surface area contributed by atoms with Crippen molar-refractivity contribution in [3.05, 3.63) is 85.3 Å². The first-order valence-electron chi connectivity index (χ1n) is 10.9. The van der Waals surface area contributed by atoms with E-state index >= 15 is 0 Å². The zero-order valence-electron chi connectivity index (χ0n) is 18.2. The molecule has 1 atom stereocenters. The average molecular weight is 449 g/mol. The molecule has 0 N–H and O–H groups in total. The van der Waals surface area contributed by atoms with Gasteiger partial charge in [-0.1, -0.05) is 23.8 Å². The van der Waals surface area contributed by atoms with Gasteiger partial charge in [0.05, 0.1) is 35.1 Å². The molecular formula is C24H23N3O6. The van der Waals surface area contributed by atoms with Gasteiger partial charge in [-0.25, -0.2) is 0 Å². The van der Waals surface area contributed by atoms with Gasteiger partial charge in [-0.15, -0.1) is 0 Å². The van der Waals surface area contributed by atoms with Crippen molar-refractivity contribution in [2.24, 2.45) is 0 Å². The number of benzene rings is 2. The van der Waals surface area contributed by atoms with E-state index in [0.717, 1.165) is 18.7 Å². The Morgan fingerprint density at radius 1 is 1.09 bits per heavy atom. The molecule has 0 bridgehead atoms. The molecule has 9 heteroatoms. The monoisotopic (exact) mass is 449 g/mol. The molecule has 9 nitrogen and oxygen atoms in total. The Bertz CT molecular complexity index is 1310. The van der Waals surface area contributed by atoms with Crippen LogP contribution in [0.25, 0.3) is 11.0 Å². The molecular weight excluding hydrogens is 426 g/mol. The molecule has 2 aliphatic heterocycles. The standard InChI is InChI=1S/C24H23N3O6/c1-15-5-6-19-18(13-15)22(28)20-21(16-3-2-4-17(14-16)27(30)31)26(24(29)23(20)33-19)8-7-25-9-11-32-12-10-25/h2-6,13-14,21H,7-12H2,1H3/t21-/m1/s1. The summed E-state index contributed by atoms with van der Waals surface area (Å²) < 4.78 is 11.3. The van der Waals surface area contributed by atoms with Crippen molar-refractivity contribution in [2.75, 3.05) is 39.4 Å². The summed E-state index contributed by atoms with van der Waals surface area (Å²) in [4.78, 5) is 41.7. The summed E-state index contributed by atoms with van der Waals surface area (Å²) in [5, 5.41) is 11.8. The molecule has 0 unspecified atom stereocenters. The van der Waals surface area contributed by atoms with E-state index in [1.54, 1.807) is 29.2 Å². The molecule has 3 aromatic rings. The summed E-state index contributed by atoms with van der Waals surface area (Å²) in [6, 6.07) is 10.6.